The third-order valence-corrected chi connectivity index (χ3v) is 9.66. The summed E-state index contributed by atoms with van der Waals surface area (Å²) in [6.07, 6.45) is 20.2. The highest BCUT2D eigenvalue weighted by Crippen LogP contribution is 2.31. The van der Waals surface area contributed by atoms with Crippen molar-refractivity contribution < 1.29 is 9.53 Å². The van der Waals surface area contributed by atoms with Crippen LogP contribution in [0.2, 0.25) is 0 Å². The number of aromatic amines is 2. The number of methoxy groups -OCH3 is 1. The minimum atomic E-state index is -0.346. The standard InChI is InChI=1S/C40H54N4O2/c1-6-10-14-28-32-19-20-33(41-32)29(15-11-7-2)35-23-24-37(43-35)31(17-13-9-4)40-27(18-25-39(45)46-5)26-38(44-40)30(16-12-8-3)36-22-21-34(28)42-36/h18-20,25-26,41,44H,6-17,21-24H2,1-5H3/b25-18+,32-28?,33-29?,34-28?,35-29?,36-30?,37-31?,38-30?,40-31?. The number of carbonyl (C=O) groups excluding carboxylic acids is 1. The van der Waals surface area contributed by atoms with Gasteiger partial charge in [-0.15, -0.1) is 0 Å². The van der Waals surface area contributed by atoms with E-state index in [1.165, 1.54) is 63.2 Å². The first-order valence-corrected chi connectivity index (χ1v) is 18.0. The van der Waals surface area contributed by atoms with Crippen molar-refractivity contribution in [1.29, 1.82) is 0 Å². The first-order valence-electron chi connectivity index (χ1n) is 18.0. The third kappa shape index (κ3) is 7.65. The first kappa shape index (κ1) is 33.7. The molecule has 0 amide bonds. The minimum absolute atomic E-state index is 0.346. The molecule has 0 saturated heterocycles. The molecule has 0 spiro atoms. The molecular weight excluding hydrogens is 568 g/mol. The van der Waals surface area contributed by atoms with Gasteiger partial charge >= 0.3 is 5.97 Å². The average Bonchev–Trinajstić information content (AvgIpc) is 3.89. The molecule has 0 fully saturated rings. The van der Waals surface area contributed by atoms with Gasteiger partial charge in [-0.25, -0.2) is 4.79 Å². The molecule has 46 heavy (non-hydrogen) atoms. The van der Waals surface area contributed by atoms with Gasteiger partial charge in [-0.1, -0.05) is 53.4 Å². The molecular formula is C40H54N4O2. The molecule has 0 aliphatic carbocycles. The molecule has 3 aromatic rings. The highest BCUT2D eigenvalue weighted by molar-refractivity contribution is 5.90. The fourth-order valence-corrected chi connectivity index (χ4v) is 7.01. The fourth-order valence-electron chi connectivity index (χ4n) is 7.01. The number of aryl methyl sites for hydroxylation is 8. The summed E-state index contributed by atoms with van der Waals surface area (Å²) in [6, 6.07) is 6.82. The number of hydrogen-bond donors (Lipinski definition) is 2. The van der Waals surface area contributed by atoms with Crippen LogP contribution in [0.15, 0.2) is 24.3 Å². The minimum Gasteiger partial charge on any atom is -0.466 e. The number of H-pyrrole nitrogens is 2. The van der Waals surface area contributed by atoms with E-state index in [1.807, 2.05) is 6.08 Å². The number of esters is 1. The molecule has 3 aromatic heterocycles. The zero-order chi connectivity index (χ0) is 32.5. The Morgan fingerprint density at radius 3 is 1.57 bits per heavy atom. The molecule has 0 radical (unpaired) electrons. The topological polar surface area (TPSA) is 83.7 Å². The number of fused-ring (bicyclic) bond motifs is 8. The molecule has 2 N–H and O–H groups in total. The van der Waals surface area contributed by atoms with E-state index in [2.05, 4.69) is 55.9 Å². The third-order valence-electron chi connectivity index (χ3n) is 9.66. The summed E-state index contributed by atoms with van der Waals surface area (Å²) >= 11 is 0. The van der Waals surface area contributed by atoms with Crippen LogP contribution in [0.3, 0.4) is 0 Å². The summed E-state index contributed by atoms with van der Waals surface area (Å²) in [7, 11) is 1.43. The largest absolute Gasteiger partial charge is 0.466 e. The maximum absolute atomic E-state index is 12.3. The molecule has 0 atom stereocenters. The molecule has 6 heteroatoms. The van der Waals surface area contributed by atoms with E-state index in [0.29, 0.717) is 0 Å². The van der Waals surface area contributed by atoms with Gasteiger partial charge in [0.25, 0.3) is 0 Å². The summed E-state index contributed by atoms with van der Waals surface area (Å²) in [6.45, 7) is 9.03. The lowest BCUT2D eigenvalue weighted by Crippen LogP contribution is -1.96. The lowest BCUT2D eigenvalue weighted by Gasteiger charge is -2.06. The number of nitrogens with zero attached hydrogens (tertiary/aromatic N) is 2. The van der Waals surface area contributed by atoms with E-state index < -0.39 is 0 Å². The van der Waals surface area contributed by atoms with Crippen molar-refractivity contribution in [2.75, 3.05) is 7.11 Å². The van der Waals surface area contributed by atoms with E-state index in [-0.39, 0.29) is 5.97 Å². The summed E-state index contributed by atoms with van der Waals surface area (Å²) in [5.41, 5.74) is 15.8. The second kappa shape index (κ2) is 16.2. The zero-order valence-corrected chi connectivity index (χ0v) is 28.9. The van der Waals surface area contributed by atoms with Gasteiger partial charge in [-0.05, 0) is 124 Å². The molecule has 5 heterocycles. The van der Waals surface area contributed by atoms with E-state index in [4.69, 9.17) is 14.7 Å². The highest BCUT2D eigenvalue weighted by Gasteiger charge is 2.21. The quantitative estimate of drug-likeness (QED) is 0.139. The van der Waals surface area contributed by atoms with Crippen molar-refractivity contribution in [3.05, 3.63) is 74.9 Å². The normalized spacial score (nSPS) is 13.2. The Bertz CT molecular complexity index is 1710. The number of ether oxygens (including phenoxy) is 1. The SMILES string of the molecule is CCCCc1c2nc(c(CCCC)c3cc(/C=C/C(=O)OC)c([nH]3)c(CCCC)c3nc(c(CCCC)c4ccc1[nH]4)CC3)CC2. The van der Waals surface area contributed by atoms with Crippen LogP contribution in [0.1, 0.15) is 130 Å². The number of unbranched alkanes of at least 4 members (excludes halogenated alkanes) is 4. The predicted octanol–water partition coefficient (Wildman–Crippen LogP) is 9.44. The Morgan fingerprint density at radius 1 is 0.674 bits per heavy atom. The van der Waals surface area contributed by atoms with Gasteiger partial charge in [0.2, 0.25) is 0 Å². The zero-order valence-electron chi connectivity index (χ0n) is 28.9. The summed E-state index contributed by atoms with van der Waals surface area (Å²) < 4.78 is 4.99. The highest BCUT2D eigenvalue weighted by atomic mass is 16.5. The Labute approximate surface area is 275 Å². The monoisotopic (exact) mass is 622 g/mol. The lowest BCUT2D eigenvalue weighted by molar-refractivity contribution is -0.134. The van der Waals surface area contributed by atoms with Crippen LogP contribution in [0, 0.1) is 0 Å². The van der Waals surface area contributed by atoms with Crippen LogP contribution in [0.25, 0.3) is 28.1 Å². The fraction of sp³-hybridized carbons (Fsp3) is 0.525. The van der Waals surface area contributed by atoms with Gasteiger partial charge in [0, 0.05) is 51.0 Å². The summed E-state index contributed by atoms with van der Waals surface area (Å²) in [5, 5.41) is 0. The smallest absolute Gasteiger partial charge is 0.330 e. The molecule has 2 aliphatic rings. The number of nitrogens with one attached hydrogen (secondary N) is 2. The average molecular weight is 623 g/mol. The van der Waals surface area contributed by atoms with Gasteiger partial charge < -0.3 is 14.7 Å². The summed E-state index contributed by atoms with van der Waals surface area (Å²) in [4.78, 5) is 30.9. The van der Waals surface area contributed by atoms with Gasteiger partial charge in [0.1, 0.15) is 0 Å². The number of carbonyl (C=O) groups is 1. The van der Waals surface area contributed by atoms with Gasteiger partial charge in [0.15, 0.2) is 0 Å². The lowest BCUT2D eigenvalue weighted by atomic mass is 10.0. The van der Waals surface area contributed by atoms with Crippen molar-refractivity contribution in [1.82, 2.24) is 19.9 Å². The van der Waals surface area contributed by atoms with E-state index in [0.717, 1.165) is 119 Å². The van der Waals surface area contributed by atoms with E-state index in [1.54, 1.807) is 6.08 Å². The Morgan fingerprint density at radius 2 is 1.11 bits per heavy atom. The van der Waals surface area contributed by atoms with Crippen LogP contribution < -0.4 is 0 Å². The van der Waals surface area contributed by atoms with Crippen molar-refractivity contribution in [3.8, 4) is 0 Å². The van der Waals surface area contributed by atoms with Crippen molar-refractivity contribution in [2.24, 2.45) is 0 Å². The Balaban J connectivity index is 1.94. The van der Waals surface area contributed by atoms with Crippen molar-refractivity contribution in [3.63, 3.8) is 0 Å². The van der Waals surface area contributed by atoms with Gasteiger partial charge in [-0.3, -0.25) is 9.97 Å². The van der Waals surface area contributed by atoms with Crippen LogP contribution in [-0.2, 0) is 60.9 Å². The molecule has 8 bridgehead atoms. The molecule has 6 nitrogen and oxygen atoms in total. The molecule has 0 unspecified atom stereocenters. The second-order valence-corrected chi connectivity index (χ2v) is 13.0. The second-order valence-electron chi connectivity index (χ2n) is 13.0. The first-order chi connectivity index (χ1) is 22.5. The maximum atomic E-state index is 12.3. The molecule has 0 aromatic carbocycles. The Kier molecular flexibility index (Phi) is 11.9. The van der Waals surface area contributed by atoms with Gasteiger partial charge in [-0.2, -0.15) is 0 Å². The van der Waals surface area contributed by atoms with Crippen LogP contribution in [0.5, 0.6) is 0 Å². The van der Waals surface area contributed by atoms with E-state index >= 15 is 0 Å². The molecule has 246 valence electrons. The van der Waals surface area contributed by atoms with Crippen LogP contribution in [-0.4, -0.2) is 33.0 Å². The maximum Gasteiger partial charge on any atom is 0.330 e. The van der Waals surface area contributed by atoms with Gasteiger partial charge in [0.05, 0.1) is 12.6 Å². The number of rotatable bonds is 14. The Hall–Kier alpha value is -3.67. The molecule has 0 saturated carbocycles. The predicted molar refractivity (Wildman–Crippen MR) is 191 cm³/mol. The number of hydrogen-bond acceptors (Lipinski definition) is 4. The van der Waals surface area contributed by atoms with Crippen molar-refractivity contribution in [2.45, 2.75) is 130 Å². The van der Waals surface area contributed by atoms with Crippen LogP contribution in [0.4, 0.5) is 0 Å². The van der Waals surface area contributed by atoms with Crippen molar-refractivity contribution >= 4 is 34.1 Å². The van der Waals surface area contributed by atoms with E-state index in [9.17, 15) is 4.79 Å². The molecule has 2 aliphatic heterocycles. The molecule has 5 rings (SSSR count). The number of aromatic nitrogens is 4. The summed E-state index contributed by atoms with van der Waals surface area (Å²) in [5.74, 6) is -0.346. The van der Waals surface area contributed by atoms with Crippen LogP contribution >= 0.6 is 0 Å².